The lowest BCUT2D eigenvalue weighted by molar-refractivity contribution is 0.0652. The molecule has 2 aromatic rings. The zero-order valence-corrected chi connectivity index (χ0v) is 15.2. The van der Waals surface area contributed by atoms with E-state index in [1.807, 2.05) is 0 Å². The fourth-order valence-corrected chi connectivity index (χ4v) is 3.55. The molecular weight excluding hydrogens is 358 g/mol. The van der Waals surface area contributed by atoms with Crippen LogP contribution in [0.1, 0.15) is 19.3 Å². The highest BCUT2D eigenvalue weighted by Crippen LogP contribution is 2.40. The van der Waals surface area contributed by atoms with E-state index in [4.69, 9.17) is 23.6 Å². The van der Waals surface area contributed by atoms with Gasteiger partial charge in [0, 0.05) is 53.4 Å². The lowest BCUT2D eigenvalue weighted by atomic mass is 10.1. The predicted octanol–water partition coefficient (Wildman–Crippen LogP) is 2.86. The summed E-state index contributed by atoms with van der Waals surface area (Å²) in [5.74, 6) is -0.296. The Morgan fingerprint density at radius 3 is 2.63 bits per heavy atom. The van der Waals surface area contributed by atoms with Crippen LogP contribution in [0, 0.1) is 0 Å². The van der Waals surface area contributed by atoms with Crippen LogP contribution in [0.5, 0.6) is 0 Å². The van der Waals surface area contributed by atoms with Gasteiger partial charge in [0.15, 0.2) is 0 Å². The van der Waals surface area contributed by atoms with Gasteiger partial charge in [-0.1, -0.05) is 42.1 Å². The van der Waals surface area contributed by atoms with Crippen molar-refractivity contribution < 1.29 is 23.6 Å². The number of para-hydroxylation sites is 1. The van der Waals surface area contributed by atoms with Crippen molar-refractivity contribution in [2.24, 2.45) is 4.99 Å². The number of aliphatic imine (C=N–C) groups is 1. The fraction of sp³-hybridized carbons (Fsp3) is 0.381. The molecule has 0 unspecified atom stereocenters. The molecule has 1 saturated heterocycles. The first kappa shape index (κ1) is 10.1. The summed E-state index contributed by atoms with van der Waals surface area (Å²) < 4.78 is 90.7. The smallest absolute Gasteiger partial charge is 0.137 e. The lowest BCUT2D eigenvalue weighted by Crippen LogP contribution is -2.49. The molecule has 0 amide bonds. The molecule has 0 aliphatic carbocycles. The normalized spacial score (nSPS) is 30.6. The van der Waals surface area contributed by atoms with Gasteiger partial charge >= 0.3 is 0 Å². The Balaban J connectivity index is 1.91. The van der Waals surface area contributed by atoms with Crippen LogP contribution >= 0.6 is 11.8 Å². The molecule has 0 aromatic heterocycles. The van der Waals surface area contributed by atoms with Crippen molar-refractivity contribution in [3.63, 3.8) is 0 Å². The molecule has 6 heteroatoms. The summed E-state index contributed by atoms with van der Waals surface area (Å²) in [6, 6.07) is 13.6. The molecule has 0 bridgehead atoms. The fourth-order valence-electron chi connectivity index (χ4n) is 2.53. The monoisotopic (exact) mass is 393 g/mol. The number of fused-ring (bicyclic) bond motifs is 2. The van der Waals surface area contributed by atoms with Gasteiger partial charge in [-0.3, -0.25) is 4.90 Å². The van der Waals surface area contributed by atoms with E-state index in [0.717, 1.165) is 0 Å². The van der Waals surface area contributed by atoms with E-state index in [-0.39, 0.29) is 16.3 Å². The first-order chi connectivity index (χ1) is 17.1. The summed E-state index contributed by atoms with van der Waals surface area (Å²) >= 11 is 1.32. The van der Waals surface area contributed by atoms with Crippen molar-refractivity contribution in [3.05, 3.63) is 54.1 Å². The standard InChI is InChI=1S/C21H25N3O2S/c25-14-16-26-15-13-23-9-11-24(12-10-23)21-17-5-1-3-7-19(17)27-20-8-4-2-6-18(20)22-21/h1-8,25H,9-16H2/i9D2,10D2,11D2,12D2,15D2. The van der Waals surface area contributed by atoms with Crippen molar-refractivity contribution >= 4 is 23.3 Å². The van der Waals surface area contributed by atoms with E-state index < -0.39 is 52.3 Å². The highest BCUT2D eigenvalue weighted by molar-refractivity contribution is 7.99. The van der Waals surface area contributed by atoms with Gasteiger partial charge in [0.2, 0.25) is 0 Å². The van der Waals surface area contributed by atoms with Crippen molar-refractivity contribution in [1.82, 2.24) is 9.80 Å². The molecule has 0 spiro atoms. The molecule has 2 aliphatic heterocycles. The van der Waals surface area contributed by atoms with Gasteiger partial charge in [-0.05, 0) is 18.2 Å². The molecule has 0 radical (unpaired) electrons. The molecule has 5 nitrogen and oxygen atoms in total. The second-order valence-corrected chi connectivity index (χ2v) is 6.67. The first-order valence-electron chi connectivity index (χ1n) is 13.4. The molecule has 2 aromatic carbocycles. The number of piperazine rings is 1. The Hall–Kier alpha value is -1.86. The Labute approximate surface area is 178 Å². The number of aliphatic hydroxyl groups excluding tert-OH is 1. The molecule has 2 aliphatic rings. The van der Waals surface area contributed by atoms with Crippen molar-refractivity contribution in [1.29, 1.82) is 0 Å². The van der Waals surface area contributed by atoms with Gasteiger partial charge in [-0.25, -0.2) is 4.99 Å². The molecule has 142 valence electrons. The molecule has 2 heterocycles. The first-order valence-corrected chi connectivity index (χ1v) is 9.17. The molecule has 0 saturated carbocycles. The summed E-state index contributed by atoms with van der Waals surface area (Å²) in [6.45, 7) is -17.9. The number of nitrogens with zero attached hydrogens (tertiary/aromatic N) is 3. The molecule has 1 N–H and O–H groups in total. The Morgan fingerprint density at radius 2 is 1.81 bits per heavy atom. The molecule has 27 heavy (non-hydrogen) atoms. The third kappa shape index (κ3) is 4.35. The van der Waals surface area contributed by atoms with Crippen LogP contribution in [0.4, 0.5) is 5.69 Å². The molecule has 4 rings (SSSR count). The maximum absolute atomic E-state index is 8.96. The van der Waals surface area contributed by atoms with Crippen LogP contribution < -0.4 is 0 Å². The lowest BCUT2D eigenvalue weighted by Gasteiger charge is -2.36. The highest BCUT2D eigenvalue weighted by Gasteiger charge is 2.24. The number of ether oxygens (including phenoxy) is 1. The summed E-state index contributed by atoms with van der Waals surface area (Å²) in [5, 5.41) is 8.96. The third-order valence-corrected chi connectivity index (χ3v) is 4.90. The second kappa shape index (κ2) is 8.89. The zero-order valence-electron chi connectivity index (χ0n) is 24.3. The SMILES string of the molecule is [2H]C([2H])(CN1C([2H])([2H])C([2H])([2H])N(C2=Nc3ccccc3Sc3ccccc32)C([2H])([2H])C1([2H])[2H])OCCO. The Kier molecular flexibility index (Phi) is 3.31. The highest BCUT2D eigenvalue weighted by atomic mass is 32.2. The van der Waals surface area contributed by atoms with Crippen LogP contribution in [0.25, 0.3) is 0 Å². The van der Waals surface area contributed by atoms with Crippen LogP contribution in [0.3, 0.4) is 0 Å². The van der Waals surface area contributed by atoms with Crippen LogP contribution in [0.2, 0.25) is 0 Å². The third-order valence-electron chi connectivity index (χ3n) is 3.76. The number of amidine groups is 1. The van der Waals surface area contributed by atoms with Gasteiger partial charge in [0.1, 0.15) is 5.84 Å². The Morgan fingerprint density at radius 1 is 1.07 bits per heavy atom. The van der Waals surface area contributed by atoms with E-state index in [9.17, 15) is 0 Å². The minimum atomic E-state index is -3.27. The van der Waals surface area contributed by atoms with Crippen molar-refractivity contribution in [3.8, 4) is 0 Å². The zero-order chi connectivity index (χ0) is 27.4. The van der Waals surface area contributed by atoms with E-state index >= 15 is 0 Å². The quantitative estimate of drug-likeness (QED) is 0.846. The maximum atomic E-state index is 8.96. The summed E-state index contributed by atoms with van der Waals surface area (Å²) in [4.78, 5) is 6.38. The number of aliphatic hydroxyl groups is 1. The van der Waals surface area contributed by atoms with E-state index in [0.29, 0.717) is 20.4 Å². The second-order valence-electron chi connectivity index (χ2n) is 5.59. The van der Waals surface area contributed by atoms with Gasteiger partial charge < -0.3 is 14.7 Å². The predicted molar refractivity (Wildman–Crippen MR) is 109 cm³/mol. The van der Waals surface area contributed by atoms with Crippen molar-refractivity contribution in [2.45, 2.75) is 9.79 Å². The number of rotatable bonds is 5. The molecule has 1 fully saturated rings. The van der Waals surface area contributed by atoms with Crippen LogP contribution in [-0.4, -0.2) is 73.0 Å². The van der Waals surface area contributed by atoms with Crippen LogP contribution in [0.15, 0.2) is 63.3 Å². The molecule has 0 atom stereocenters. The minimum absolute atomic E-state index is 0.166. The van der Waals surface area contributed by atoms with Crippen molar-refractivity contribution in [2.75, 3.05) is 52.3 Å². The number of benzene rings is 2. The van der Waals surface area contributed by atoms with E-state index in [1.54, 1.807) is 48.5 Å². The minimum Gasteiger partial charge on any atom is -0.394 e. The summed E-state index contributed by atoms with van der Waals surface area (Å²) in [7, 11) is 0. The number of hydrogen-bond donors (Lipinski definition) is 1. The Bertz CT molecular complexity index is 1180. The topological polar surface area (TPSA) is 48.3 Å². The van der Waals surface area contributed by atoms with Gasteiger partial charge in [-0.15, -0.1) is 0 Å². The largest absolute Gasteiger partial charge is 0.394 e. The maximum Gasteiger partial charge on any atom is 0.137 e. The van der Waals surface area contributed by atoms with E-state index in [2.05, 4.69) is 4.99 Å². The van der Waals surface area contributed by atoms with Crippen LogP contribution in [-0.2, 0) is 4.74 Å². The number of hydrogen-bond acceptors (Lipinski definition) is 6. The summed E-state index contributed by atoms with van der Waals surface area (Å²) in [5.41, 5.74) is 0.667. The van der Waals surface area contributed by atoms with E-state index in [1.165, 1.54) is 11.8 Å². The average molecular weight is 394 g/mol. The molecular formula is C21H25N3O2S. The van der Waals surface area contributed by atoms with Gasteiger partial charge in [-0.2, -0.15) is 0 Å². The van der Waals surface area contributed by atoms with Gasteiger partial charge in [0.05, 0.1) is 33.7 Å². The average Bonchev–Trinajstić information content (AvgIpc) is 2.97. The van der Waals surface area contributed by atoms with Gasteiger partial charge in [0.25, 0.3) is 0 Å². The summed E-state index contributed by atoms with van der Waals surface area (Å²) in [6.07, 6.45) is 0.